The van der Waals surface area contributed by atoms with E-state index in [1.54, 1.807) is 10.8 Å². The van der Waals surface area contributed by atoms with Gasteiger partial charge in [-0.05, 0) is 0 Å². The van der Waals surface area contributed by atoms with E-state index in [-0.39, 0.29) is 18.1 Å². The van der Waals surface area contributed by atoms with Crippen molar-refractivity contribution in [3.63, 3.8) is 0 Å². The fraction of sp³-hybridized carbons (Fsp3) is 0.417. The number of nitrogen functional groups attached to an aromatic ring is 1. The van der Waals surface area contributed by atoms with Gasteiger partial charge in [-0.25, -0.2) is 9.97 Å². The van der Waals surface area contributed by atoms with Gasteiger partial charge in [0.25, 0.3) is 5.56 Å². The number of imidazole rings is 1. The summed E-state index contributed by atoms with van der Waals surface area (Å²) in [5, 5.41) is 18.8. The van der Waals surface area contributed by atoms with Crippen LogP contribution in [0.15, 0.2) is 23.5 Å². The Morgan fingerprint density at radius 1 is 1.52 bits per heavy atom. The highest BCUT2D eigenvalue weighted by Gasteiger charge is 2.34. The summed E-state index contributed by atoms with van der Waals surface area (Å²) < 4.78 is 7.15. The molecule has 112 valence electrons. The molecule has 1 fully saturated rings. The van der Waals surface area contributed by atoms with Crippen molar-refractivity contribution < 1.29 is 14.9 Å². The number of aromatic nitrogens is 4. The molecular weight excluding hydrogens is 278 g/mol. The molecular formula is C12H15N5O4. The first-order valence-corrected chi connectivity index (χ1v) is 6.41. The lowest BCUT2D eigenvalue weighted by Crippen LogP contribution is -2.24. The van der Waals surface area contributed by atoms with Gasteiger partial charge in [-0.15, -0.1) is 0 Å². The van der Waals surface area contributed by atoms with Gasteiger partial charge < -0.3 is 25.3 Å². The molecule has 1 aliphatic rings. The highest BCUT2D eigenvalue weighted by Crippen LogP contribution is 2.29. The molecule has 3 heterocycles. The largest absolute Gasteiger partial charge is 0.394 e. The van der Waals surface area contributed by atoms with Crippen molar-refractivity contribution in [2.75, 3.05) is 12.3 Å². The van der Waals surface area contributed by atoms with Crippen molar-refractivity contribution in [1.29, 1.82) is 0 Å². The molecule has 1 aliphatic heterocycles. The minimum Gasteiger partial charge on any atom is -0.394 e. The Kier molecular flexibility index (Phi) is 3.45. The van der Waals surface area contributed by atoms with Gasteiger partial charge in [-0.1, -0.05) is 0 Å². The third-order valence-electron chi connectivity index (χ3n) is 3.41. The lowest BCUT2D eigenvalue weighted by Gasteiger charge is -2.12. The molecule has 9 nitrogen and oxygen atoms in total. The van der Waals surface area contributed by atoms with E-state index in [1.807, 2.05) is 0 Å². The molecule has 0 radical (unpaired) electrons. The van der Waals surface area contributed by atoms with Crippen LogP contribution in [0.2, 0.25) is 0 Å². The predicted octanol–water partition coefficient (Wildman–Crippen LogP) is -1.14. The average molecular weight is 293 g/mol. The van der Waals surface area contributed by atoms with E-state index in [9.17, 15) is 9.90 Å². The summed E-state index contributed by atoms with van der Waals surface area (Å²) in [6.45, 7) is -0.249. The molecule has 9 heteroatoms. The zero-order valence-corrected chi connectivity index (χ0v) is 11.0. The number of hydrogen-bond acceptors (Lipinski definition) is 7. The molecule has 5 N–H and O–H groups in total. The third-order valence-corrected chi connectivity index (χ3v) is 3.41. The Morgan fingerprint density at radius 3 is 3.00 bits per heavy atom. The summed E-state index contributed by atoms with van der Waals surface area (Å²) in [4.78, 5) is 22.2. The van der Waals surface area contributed by atoms with Crippen LogP contribution in [0.4, 0.5) is 5.95 Å². The number of rotatable bonds is 3. The van der Waals surface area contributed by atoms with Gasteiger partial charge in [0.2, 0.25) is 0 Å². The van der Waals surface area contributed by atoms with E-state index >= 15 is 0 Å². The monoisotopic (exact) mass is 293 g/mol. The molecule has 3 atom stereocenters. The summed E-state index contributed by atoms with van der Waals surface area (Å²) in [5.41, 5.74) is 5.73. The van der Waals surface area contributed by atoms with E-state index in [0.29, 0.717) is 17.7 Å². The Labute approximate surface area is 119 Å². The van der Waals surface area contributed by atoms with Gasteiger partial charge in [0.1, 0.15) is 12.3 Å². The molecule has 0 bridgehead atoms. The van der Waals surface area contributed by atoms with Crippen LogP contribution in [-0.4, -0.2) is 48.5 Å². The number of aliphatic hydroxyl groups is 2. The number of anilines is 1. The molecule has 0 aromatic carbocycles. The van der Waals surface area contributed by atoms with Crippen molar-refractivity contribution in [3.05, 3.63) is 29.1 Å². The average Bonchev–Trinajstić information content (AvgIpc) is 3.05. The Bertz CT molecular complexity index is 697. The van der Waals surface area contributed by atoms with Crippen LogP contribution in [0.1, 0.15) is 12.6 Å². The number of ether oxygens (including phenoxy) is 1. The normalized spacial score (nSPS) is 25.3. The number of nitrogens with zero attached hydrogens (tertiary/aromatic N) is 3. The van der Waals surface area contributed by atoms with Crippen molar-refractivity contribution in [2.45, 2.75) is 24.9 Å². The number of H-pyrrole nitrogens is 1. The molecule has 2 aromatic rings. The topological polar surface area (TPSA) is 139 Å². The number of hydrogen-bond donors (Lipinski definition) is 4. The fourth-order valence-corrected chi connectivity index (χ4v) is 2.29. The molecule has 21 heavy (non-hydrogen) atoms. The minimum atomic E-state index is -0.729. The van der Waals surface area contributed by atoms with E-state index in [0.717, 1.165) is 0 Å². The lowest BCUT2D eigenvalue weighted by molar-refractivity contribution is -0.0443. The predicted molar refractivity (Wildman–Crippen MR) is 72.1 cm³/mol. The van der Waals surface area contributed by atoms with Gasteiger partial charge in [-0.2, -0.15) is 0 Å². The molecule has 0 unspecified atom stereocenters. The van der Waals surface area contributed by atoms with Gasteiger partial charge >= 0.3 is 0 Å². The summed E-state index contributed by atoms with van der Waals surface area (Å²) in [7, 11) is 0. The van der Waals surface area contributed by atoms with Crippen molar-refractivity contribution in [2.24, 2.45) is 0 Å². The van der Waals surface area contributed by atoms with Crippen LogP contribution >= 0.6 is 0 Å². The lowest BCUT2D eigenvalue weighted by atomic mass is 10.2. The SMILES string of the molecule is Nc1ncc(-c2cn([C@H]3C[C@H](O)[C@@H](CO)O3)cn2)c(=O)[nH]1. The van der Waals surface area contributed by atoms with Crippen LogP contribution in [0.25, 0.3) is 11.3 Å². The van der Waals surface area contributed by atoms with Gasteiger partial charge in [0.05, 0.1) is 30.3 Å². The number of nitrogens with two attached hydrogens (primary N) is 1. The van der Waals surface area contributed by atoms with Gasteiger partial charge in [0.15, 0.2) is 5.95 Å². The summed E-state index contributed by atoms with van der Waals surface area (Å²) in [5.74, 6) is 0.0382. The van der Waals surface area contributed by atoms with Gasteiger partial charge in [0, 0.05) is 18.8 Å². The first-order valence-electron chi connectivity index (χ1n) is 6.41. The van der Waals surface area contributed by atoms with E-state index in [4.69, 9.17) is 15.6 Å². The summed E-state index contributed by atoms with van der Waals surface area (Å²) >= 11 is 0. The molecule has 0 saturated carbocycles. The first kappa shape index (κ1) is 13.7. The Balaban J connectivity index is 1.86. The van der Waals surface area contributed by atoms with E-state index in [2.05, 4.69) is 15.0 Å². The molecule has 0 amide bonds. The van der Waals surface area contributed by atoms with Crippen molar-refractivity contribution >= 4 is 5.95 Å². The molecule has 0 spiro atoms. The highest BCUT2D eigenvalue weighted by atomic mass is 16.5. The van der Waals surface area contributed by atoms with Crippen LogP contribution in [0.5, 0.6) is 0 Å². The van der Waals surface area contributed by atoms with Gasteiger partial charge in [-0.3, -0.25) is 9.78 Å². The zero-order chi connectivity index (χ0) is 15.0. The number of aromatic amines is 1. The maximum Gasteiger partial charge on any atom is 0.261 e. The maximum atomic E-state index is 11.8. The quantitative estimate of drug-likeness (QED) is 0.560. The second-order valence-electron chi connectivity index (χ2n) is 4.83. The molecule has 0 aliphatic carbocycles. The maximum absolute atomic E-state index is 11.8. The summed E-state index contributed by atoms with van der Waals surface area (Å²) in [6.07, 6.45) is 3.05. The van der Waals surface area contributed by atoms with Crippen molar-refractivity contribution in [1.82, 2.24) is 19.5 Å². The van der Waals surface area contributed by atoms with Crippen LogP contribution in [0.3, 0.4) is 0 Å². The fourth-order valence-electron chi connectivity index (χ4n) is 2.29. The Morgan fingerprint density at radius 2 is 2.33 bits per heavy atom. The molecule has 2 aromatic heterocycles. The third kappa shape index (κ3) is 2.53. The van der Waals surface area contributed by atoms with Crippen LogP contribution in [-0.2, 0) is 4.74 Å². The smallest absolute Gasteiger partial charge is 0.261 e. The first-order chi connectivity index (χ1) is 10.1. The van der Waals surface area contributed by atoms with E-state index < -0.39 is 18.4 Å². The second-order valence-corrected chi connectivity index (χ2v) is 4.83. The highest BCUT2D eigenvalue weighted by molar-refractivity contribution is 5.56. The van der Waals surface area contributed by atoms with Crippen molar-refractivity contribution in [3.8, 4) is 11.3 Å². The van der Waals surface area contributed by atoms with E-state index in [1.165, 1.54) is 12.5 Å². The van der Waals surface area contributed by atoms with Crippen LogP contribution < -0.4 is 11.3 Å². The second kappa shape index (κ2) is 5.28. The zero-order valence-electron chi connectivity index (χ0n) is 11.0. The molecule has 3 rings (SSSR count). The number of aliphatic hydroxyl groups excluding tert-OH is 2. The Hall–Kier alpha value is -2.23. The summed E-state index contributed by atoms with van der Waals surface area (Å²) in [6, 6.07) is 0. The standard InChI is InChI=1S/C12H15N5O4/c13-12-14-2-6(11(20)16-12)7-3-17(5-15-7)10-1-8(19)9(4-18)21-10/h2-3,5,8-10,18-19H,1,4H2,(H3,13,14,16,20)/t8-,9+,10+/m0/s1. The number of nitrogens with one attached hydrogen (secondary N) is 1. The van der Waals surface area contributed by atoms with Crippen LogP contribution in [0, 0.1) is 0 Å². The minimum absolute atomic E-state index is 0.0382. The molecule has 1 saturated heterocycles.